The molecule has 0 bridgehead atoms. The zero-order chi connectivity index (χ0) is 19.2. The highest BCUT2D eigenvalue weighted by atomic mass is 16.5. The number of ether oxygens (including phenoxy) is 1. The molecule has 0 aliphatic heterocycles. The van der Waals surface area contributed by atoms with Crippen molar-refractivity contribution in [2.75, 3.05) is 18.6 Å². The van der Waals surface area contributed by atoms with Crippen LogP contribution in [0.3, 0.4) is 0 Å². The summed E-state index contributed by atoms with van der Waals surface area (Å²) in [6, 6.07) is 17.6. The molecule has 4 heteroatoms. The van der Waals surface area contributed by atoms with Crippen LogP contribution in [-0.2, 0) is 9.53 Å². The number of para-hydroxylation sites is 1. The Kier molecular flexibility index (Phi) is 6.28. The minimum absolute atomic E-state index is 0.0150. The number of benzene rings is 2. The lowest BCUT2D eigenvalue weighted by Gasteiger charge is -2.27. The van der Waals surface area contributed by atoms with E-state index in [-0.39, 0.29) is 17.8 Å². The summed E-state index contributed by atoms with van der Waals surface area (Å²) in [5, 5.41) is 0. The lowest BCUT2D eigenvalue weighted by molar-refractivity contribution is -0.149. The van der Waals surface area contributed by atoms with E-state index in [0.29, 0.717) is 18.1 Å². The summed E-state index contributed by atoms with van der Waals surface area (Å²) >= 11 is 0. The maximum absolute atomic E-state index is 12.7. The van der Waals surface area contributed by atoms with Gasteiger partial charge >= 0.3 is 5.97 Å². The zero-order valence-corrected chi connectivity index (χ0v) is 16.1. The van der Waals surface area contributed by atoms with Gasteiger partial charge in [0.1, 0.15) is 0 Å². The number of amides is 1. The van der Waals surface area contributed by atoms with Crippen molar-refractivity contribution < 1.29 is 14.3 Å². The number of rotatable bonds is 5. The third-order valence-electron chi connectivity index (χ3n) is 5.42. The first-order valence-corrected chi connectivity index (χ1v) is 9.69. The molecule has 0 radical (unpaired) electrons. The van der Waals surface area contributed by atoms with Gasteiger partial charge in [0.05, 0.1) is 12.5 Å². The second kappa shape index (κ2) is 8.85. The van der Waals surface area contributed by atoms with E-state index in [1.54, 1.807) is 11.9 Å². The summed E-state index contributed by atoms with van der Waals surface area (Å²) < 4.78 is 5.14. The molecule has 1 aliphatic rings. The SMILES string of the molecule is CCOC(=O)C1CCC(c2ccc(C(=O)N(C)c3ccccc3)cc2)CC1. The Morgan fingerprint density at radius 2 is 1.59 bits per heavy atom. The van der Waals surface area contributed by atoms with Gasteiger partial charge in [-0.15, -0.1) is 0 Å². The third-order valence-corrected chi connectivity index (χ3v) is 5.42. The Morgan fingerprint density at radius 1 is 0.963 bits per heavy atom. The number of hydrogen-bond acceptors (Lipinski definition) is 3. The van der Waals surface area contributed by atoms with Gasteiger partial charge in [0.25, 0.3) is 5.91 Å². The Labute approximate surface area is 161 Å². The quantitative estimate of drug-likeness (QED) is 0.715. The van der Waals surface area contributed by atoms with E-state index in [1.165, 1.54) is 5.56 Å². The Hall–Kier alpha value is -2.62. The molecule has 4 nitrogen and oxygen atoms in total. The van der Waals surface area contributed by atoms with Crippen LogP contribution < -0.4 is 4.90 Å². The van der Waals surface area contributed by atoms with Crippen LogP contribution in [0.15, 0.2) is 54.6 Å². The van der Waals surface area contributed by atoms with Crippen LogP contribution in [0.25, 0.3) is 0 Å². The average Bonchev–Trinajstić information content (AvgIpc) is 2.74. The van der Waals surface area contributed by atoms with E-state index in [0.717, 1.165) is 31.4 Å². The molecule has 0 aromatic heterocycles. The topological polar surface area (TPSA) is 46.6 Å². The molecule has 1 amide bonds. The van der Waals surface area contributed by atoms with E-state index >= 15 is 0 Å². The predicted molar refractivity (Wildman–Crippen MR) is 107 cm³/mol. The molecule has 0 N–H and O–H groups in total. The monoisotopic (exact) mass is 365 g/mol. The number of esters is 1. The van der Waals surface area contributed by atoms with Crippen LogP contribution in [0.2, 0.25) is 0 Å². The molecule has 0 spiro atoms. The van der Waals surface area contributed by atoms with Crippen LogP contribution in [0.5, 0.6) is 0 Å². The van der Waals surface area contributed by atoms with Crippen LogP contribution in [0.4, 0.5) is 5.69 Å². The predicted octanol–water partition coefficient (Wildman–Crippen LogP) is 4.80. The van der Waals surface area contributed by atoms with Crippen LogP contribution in [0, 0.1) is 5.92 Å². The van der Waals surface area contributed by atoms with Crippen molar-refractivity contribution in [3.63, 3.8) is 0 Å². The number of nitrogens with zero attached hydrogens (tertiary/aromatic N) is 1. The average molecular weight is 365 g/mol. The normalized spacial score (nSPS) is 19.3. The Morgan fingerprint density at radius 3 is 2.19 bits per heavy atom. The number of carbonyl (C=O) groups excluding carboxylic acids is 2. The molecule has 2 aromatic carbocycles. The van der Waals surface area contributed by atoms with Crippen molar-refractivity contribution in [3.8, 4) is 0 Å². The standard InChI is InChI=1S/C23H27NO3/c1-3-27-23(26)20-15-11-18(12-16-20)17-9-13-19(14-10-17)22(25)24(2)21-7-5-4-6-8-21/h4-10,13-14,18,20H,3,11-12,15-16H2,1-2H3. The van der Waals surface area contributed by atoms with Crippen LogP contribution in [0.1, 0.15) is 54.4 Å². The molecule has 3 rings (SSSR count). The fourth-order valence-electron chi connectivity index (χ4n) is 3.78. The lowest BCUT2D eigenvalue weighted by atomic mass is 9.78. The van der Waals surface area contributed by atoms with Crippen molar-refractivity contribution in [1.29, 1.82) is 0 Å². The summed E-state index contributed by atoms with van der Waals surface area (Å²) in [5.41, 5.74) is 2.81. The van der Waals surface area contributed by atoms with Gasteiger partial charge in [0.2, 0.25) is 0 Å². The molecule has 1 aliphatic carbocycles. The van der Waals surface area contributed by atoms with E-state index in [4.69, 9.17) is 4.74 Å². The van der Waals surface area contributed by atoms with Crippen molar-refractivity contribution in [3.05, 3.63) is 65.7 Å². The molecule has 142 valence electrons. The van der Waals surface area contributed by atoms with Crippen molar-refractivity contribution in [2.24, 2.45) is 5.92 Å². The molecule has 0 atom stereocenters. The molecule has 0 heterocycles. The molecule has 0 saturated heterocycles. The van der Waals surface area contributed by atoms with Gasteiger partial charge in [-0.1, -0.05) is 30.3 Å². The van der Waals surface area contributed by atoms with Gasteiger partial charge in [-0.3, -0.25) is 9.59 Å². The fraction of sp³-hybridized carbons (Fsp3) is 0.391. The third kappa shape index (κ3) is 4.57. The first-order valence-electron chi connectivity index (χ1n) is 9.69. The molecular weight excluding hydrogens is 338 g/mol. The number of hydrogen-bond donors (Lipinski definition) is 0. The van der Waals surface area contributed by atoms with Gasteiger partial charge < -0.3 is 9.64 Å². The van der Waals surface area contributed by atoms with Gasteiger partial charge in [-0.2, -0.15) is 0 Å². The maximum Gasteiger partial charge on any atom is 0.308 e. The smallest absolute Gasteiger partial charge is 0.308 e. The van der Waals surface area contributed by atoms with Crippen LogP contribution >= 0.6 is 0 Å². The minimum atomic E-state index is -0.0548. The maximum atomic E-state index is 12.7. The van der Waals surface area contributed by atoms with E-state index in [2.05, 4.69) is 12.1 Å². The highest BCUT2D eigenvalue weighted by molar-refractivity contribution is 6.05. The number of anilines is 1. The second-order valence-electron chi connectivity index (χ2n) is 7.12. The van der Waals surface area contributed by atoms with E-state index in [1.807, 2.05) is 49.4 Å². The highest BCUT2D eigenvalue weighted by Gasteiger charge is 2.28. The molecule has 0 unspecified atom stereocenters. The summed E-state index contributed by atoms with van der Waals surface area (Å²) in [7, 11) is 1.79. The Bertz CT molecular complexity index is 762. The highest BCUT2D eigenvalue weighted by Crippen LogP contribution is 2.36. The summed E-state index contributed by atoms with van der Waals surface area (Å²) in [4.78, 5) is 26.2. The van der Waals surface area contributed by atoms with Crippen molar-refractivity contribution >= 4 is 17.6 Å². The van der Waals surface area contributed by atoms with Gasteiger partial charge in [0.15, 0.2) is 0 Å². The number of carbonyl (C=O) groups is 2. The van der Waals surface area contributed by atoms with E-state index < -0.39 is 0 Å². The first kappa shape index (κ1) is 19.2. The van der Waals surface area contributed by atoms with Gasteiger partial charge in [-0.25, -0.2) is 0 Å². The summed E-state index contributed by atoms with van der Waals surface area (Å²) in [6.45, 7) is 2.30. The second-order valence-corrected chi connectivity index (χ2v) is 7.12. The molecule has 27 heavy (non-hydrogen) atoms. The molecule has 2 aromatic rings. The van der Waals surface area contributed by atoms with E-state index in [9.17, 15) is 9.59 Å². The lowest BCUT2D eigenvalue weighted by Crippen LogP contribution is -2.26. The molecule has 1 fully saturated rings. The largest absolute Gasteiger partial charge is 0.466 e. The molecule has 1 saturated carbocycles. The summed E-state index contributed by atoms with van der Waals surface area (Å²) in [6.07, 6.45) is 3.73. The fourth-order valence-corrected chi connectivity index (χ4v) is 3.78. The zero-order valence-electron chi connectivity index (χ0n) is 16.1. The van der Waals surface area contributed by atoms with Crippen LogP contribution in [-0.4, -0.2) is 25.5 Å². The van der Waals surface area contributed by atoms with Gasteiger partial charge in [0, 0.05) is 18.3 Å². The summed E-state index contributed by atoms with van der Waals surface area (Å²) in [5.74, 6) is 0.424. The molecular formula is C23H27NO3. The van der Waals surface area contributed by atoms with Gasteiger partial charge in [-0.05, 0) is 68.4 Å². The van der Waals surface area contributed by atoms with Crippen molar-refractivity contribution in [1.82, 2.24) is 0 Å². The van der Waals surface area contributed by atoms with Crippen molar-refractivity contribution in [2.45, 2.75) is 38.5 Å². The first-order chi connectivity index (χ1) is 13.1. The Balaban J connectivity index is 1.61. The minimum Gasteiger partial charge on any atom is -0.466 e.